The van der Waals surface area contributed by atoms with E-state index in [2.05, 4.69) is 12.2 Å². The summed E-state index contributed by atoms with van der Waals surface area (Å²) in [6.45, 7) is 0.935. The number of nitrogens with two attached hydrogens (primary N) is 1. The molecular weight excluding hydrogens is 218 g/mol. The molecule has 4 fully saturated rings. The number of rotatable bonds is 2. The molecule has 5 aliphatic rings. The summed E-state index contributed by atoms with van der Waals surface area (Å²) in [4.78, 5) is 0. The molecular formula is C17H27N. The molecule has 1 atom stereocenters. The van der Waals surface area contributed by atoms with Crippen LogP contribution in [0.2, 0.25) is 0 Å². The van der Waals surface area contributed by atoms with E-state index in [9.17, 15) is 0 Å². The molecule has 0 saturated heterocycles. The molecule has 1 heteroatoms. The van der Waals surface area contributed by atoms with Gasteiger partial charge in [0.15, 0.2) is 0 Å². The van der Waals surface area contributed by atoms with E-state index in [0.29, 0.717) is 5.41 Å². The van der Waals surface area contributed by atoms with E-state index < -0.39 is 0 Å². The lowest BCUT2D eigenvalue weighted by Crippen LogP contribution is -2.54. The minimum atomic E-state index is 0.483. The van der Waals surface area contributed by atoms with Crippen LogP contribution < -0.4 is 5.73 Å². The van der Waals surface area contributed by atoms with E-state index >= 15 is 0 Å². The molecule has 0 spiro atoms. The van der Waals surface area contributed by atoms with E-state index in [1.54, 1.807) is 32.1 Å². The second-order valence-corrected chi connectivity index (χ2v) is 7.74. The summed E-state index contributed by atoms with van der Waals surface area (Å²) in [6.07, 6.45) is 16.5. The molecule has 0 heterocycles. The van der Waals surface area contributed by atoms with E-state index in [1.807, 2.05) is 0 Å². The summed E-state index contributed by atoms with van der Waals surface area (Å²) in [5.41, 5.74) is 6.77. The van der Waals surface area contributed by atoms with Gasteiger partial charge in [0.05, 0.1) is 0 Å². The smallest absolute Gasteiger partial charge is 0.00146 e. The molecule has 0 aromatic heterocycles. The highest BCUT2D eigenvalue weighted by Gasteiger charge is 2.54. The van der Waals surface area contributed by atoms with Gasteiger partial charge in [0.25, 0.3) is 0 Å². The molecule has 5 aliphatic carbocycles. The normalized spacial score (nSPS) is 53.9. The van der Waals surface area contributed by atoms with Crippen LogP contribution >= 0.6 is 0 Å². The summed E-state index contributed by atoms with van der Waals surface area (Å²) in [5.74, 6) is 5.24. The molecule has 0 amide bonds. The molecule has 5 rings (SSSR count). The molecule has 4 saturated carbocycles. The van der Waals surface area contributed by atoms with Gasteiger partial charge in [-0.25, -0.2) is 0 Å². The fourth-order valence-electron chi connectivity index (χ4n) is 6.46. The van der Waals surface area contributed by atoms with Gasteiger partial charge in [0.2, 0.25) is 0 Å². The first-order valence-electron chi connectivity index (χ1n) is 8.16. The highest BCUT2D eigenvalue weighted by Crippen LogP contribution is 2.62. The minimum Gasteiger partial charge on any atom is -0.330 e. The van der Waals surface area contributed by atoms with Crippen molar-refractivity contribution in [2.24, 2.45) is 40.7 Å². The topological polar surface area (TPSA) is 26.0 Å². The Labute approximate surface area is 111 Å². The Kier molecular flexibility index (Phi) is 2.62. The summed E-state index contributed by atoms with van der Waals surface area (Å²) in [7, 11) is 0. The fraction of sp³-hybridized carbons (Fsp3) is 0.882. The highest BCUT2D eigenvalue weighted by molar-refractivity contribution is 5.09. The largest absolute Gasteiger partial charge is 0.330 e. The van der Waals surface area contributed by atoms with Crippen LogP contribution in [-0.4, -0.2) is 6.54 Å². The molecule has 0 aliphatic heterocycles. The maximum Gasteiger partial charge on any atom is -0.00146 e. The summed E-state index contributed by atoms with van der Waals surface area (Å²) in [5, 5.41) is 0. The third-order valence-electron chi connectivity index (χ3n) is 6.84. The maximum absolute atomic E-state index is 6.28. The van der Waals surface area contributed by atoms with Gasteiger partial charge in [-0.3, -0.25) is 0 Å². The average Bonchev–Trinajstić information content (AvgIpc) is 2.38. The van der Waals surface area contributed by atoms with Crippen molar-refractivity contribution in [3.8, 4) is 0 Å². The van der Waals surface area contributed by atoms with Gasteiger partial charge in [-0.15, -0.1) is 0 Å². The van der Waals surface area contributed by atoms with Crippen molar-refractivity contribution in [1.82, 2.24) is 0 Å². The standard InChI is InChI=1S/C17H27N/c18-11-17(4-2-1-3-5-17)16-14-7-12-6-13(9-14)10-15(16)8-12/h1-2,12-16H,3-11,18H2. The highest BCUT2D eigenvalue weighted by atomic mass is 14.7. The first kappa shape index (κ1) is 11.5. The van der Waals surface area contributed by atoms with Crippen LogP contribution in [0.15, 0.2) is 12.2 Å². The Hall–Kier alpha value is -0.300. The van der Waals surface area contributed by atoms with Crippen LogP contribution in [0.5, 0.6) is 0 Å². The van der Waals surface area contributed by atoms with Gasteiger partial charge < -0.3 is 5.73 Å². The summed E-state index contributed by atoms with van der Waals surface area (Å²) < 4.78 is 0. The zero-order chi connectivity index (χ0) is 12.2. The van der Waals surface area contributed by atoms with Crippen molar-refractivity contribution in [2.45, 2.75) is 51.4 Å². The Morgan fingerprint density at radius 2 is 1.61 bits per heavy atom. The maximum atomic E-state index is 6.28. The Balaban J connectivity index is 1.65. The number of hydrogen-bond acceptors (Lipinski definition) is 1. The number of allylic oxidation sites excluding steroid dienone is 2. The van der Waals surface area contributed by atoms with Gasteiger partial charge >= 0.3 is 0 Å². The van der Waals surface area contributed by atoms with Crippen molar-refractivity contribution in [3.63, 3.8) is 0 Å². The van der Waals surface area contributed by atoms with Gasteiger partial charge in [0, 0.05) is 0 Å². The molecule has 1 unspecified atom stereocenters. The van der Waals surface area contributed by atoms with Crippen molar-refractivity contribution in [3.05, 3.63) is 12.2 Å². The lowest BCUT2D eigenvalue weighted by molar-refractivity contribution is -0.0973. The number of hydrogen-bond donors (Lipinski definition) is 1. The van der Waals surface area contributed by atoms with Crippen LogP contribution in [0.25, 0.3) is 0 Å². The first-order valence-corrected chi connectivity index (χ1v) is 8.16. The zero-order valence-corrected chi connectivity index (χ0v) is 11.5. The molecule has 0 radical (unpaired) electrons. The quantitative estimate of drug-likeness (QED) is 0.737. The third-order valence-corrected chi connectivity index (χ3v) is 6.84. The van der Waals surface area contributed by atoms with Crippen LogP contribution in [0.1, 0.15) is 51.4 Å². The third kappa shape index (κ3) is 1.56. The molecule has 1 nitrogen and oxygen atoms in total. The van der Waals surface area contributed by atoms with Gasteiger partial charge in [-0.1, -0.05) is 12.2 Å². The van der Waals surface area contributed by atoms with Gasteiger partial charge in [-0.05, 0) is 92.9 Å². The Morgan fingerprint density at radius 3 is 2.11 bits per heavy atom. The predicted molar refractivity (Wildman–Crippen MR) is 75.0 cm³/mol. The summed E-state index contributed by atoms with van der Waals surface area (Å²) in [6, 6.07) is 0. The van der Waals surface area contributed by atoms with Crippen LogP contribution in [0.4, 0.5) is 0 Å². The molecule has 100 valence electrons. The molecule has 4 bridgehead atoms. The fourth-order valence-corrected chi connectivity index (χ4v) is 6.46. The molecule has 18 heavy (non-hydrogen) atoms. The van der Waals surface area contributed by atoms with Crippen molar-refractivity contribution in [2.75, 3.05) is 6.54 Å². The summed E-state index contributed by atoms with van der Waals surface area (Å²) >= 11 is 0. The van der Waals surface area contributed by atoms with Crippen molar-refractivity contribution in [1.29, 1.82) is 0 Å². The monoisotopic (exact) mass is 245 g/mol. The SMILES string of the molecule is NCC1(C2C3CC4CC(C3)CC2C4)CC=CCC1. The van der Waals surface area contributed by atoms with E-state index in [1.165, 1.54) is 19.3 Å². The second-order valence-electron chi connectivity index (χ2n) is 7.74. The van der Waals surface area contributed by atoms with E-state index in [0.717, 1.165) is 36.1 Å². The first-order chi connectivity index (χ1) is 8.81. The van der Waals surface area contributed by atoms with Crippen LogP contribution in [0.3, 0.4) is 0 Å². The van der Waals surface area contributed by atoms with E-state index in [4.69, 9.17) is 5.73 Å². The van der Waals surface area contributed by atoms with Crippen LogP contribution in [-0.2, 0) is 0 Å². The lowest BCUT2D eigenvalue weighted by Gasteiger charge is -2.60. The van der Waals surface area contributed by atoms with Gasteiger partial charge in [0.1, 0.15) is 0 Å². The molecule has 2 N–H and O–H groups in total. The second kappa shape index (κ2) is 4.10. The van der Waals surface area contributed by atoms with Crippen LogP contribution in [0, 0.1) is 35.0 Å². The molecule has 0 aromatic rings. The minimum absolute atomic E-state index is 0.483. The average molecular weight is 245 g/mol. The predicted octanol–water partition coefficient (Wildman–Crippen LogP) is 3.74. The van der Waals surface area contributed by atoms with Crippen molar-refractivity contribution >= 4 is 0 Å². The van der Waals surface area contributed by atoms with Crippen molar-refractivity contribution < 1.29 is 0 Å². The molecule has 0 aromatic carbocycles. The van der Waals surface area contributed by atoms with Gasteiger partial charge in [-0.2, -0.15) is 0 Å². The Morgan fingerprint density at radius 1 is 0.944 bits per heavy atom. The lowest BCUT2D eigenvalue weighted by atomic mass is 9.45. The Bertz CT molecular complexity index is 331. The zero-order valence-electron chi connectivity index (χ0n) is 11.5. The van der Waals surface area contributed by atoms with E-state index in [-0.39, 0.29) is 0 Å².